The van der Waals surface area contributed by atoms with Crippen molar-refractivity contribution in [3.8, 4) is 5.75 Å². The van der Waals surface area contributed by atoms with E-state index in [1.165, 1.54) is 10.9 Å². The SMILES string of the molecule is O=C(O)C(=Cc1ccc(OCCc2c[nH]c3ccccc23)cc1)C(=O)O. The van der Waals surface area contributed by atoms with Gasteiger partial charge in [-0.15, -0.1) is 0 Å². The maximum Gasteiger partial charge on any atom is 0.343 e. The van der Waals surface area contributed by atoms with Crippen LogP contribution in [0.1, 0.15) is 11.1 Å². The fraction of sp³-hybridized carbons (Fsp3) is 0.100. The maximum absolute atomic E-state index is 10.9. The molecule has 1 aromatic heterocycles. The van der Waals surface area contributed by atoms with E-state index >= 15 is 0 Å². The maximum atomic E-state index is 10.9. The minimum absolute atomic E-state index is 0.480. The Bertz CT molecular complexity index is 953. The second-order valence-corrected chi connectivity index (χ2v) is 5.70. The first-order chi connectivity index (χ1) is 12.5. The first kappa shape index (κ1) is 17.3. The van der Waals surface area contributed by atoms with Gasteiger partial charge in [-0.25, -0.2) is 9.59 Å². The Morgan fingerprint density at radius 2 is 1.69 bits per heavy atom. The molecule has 3 aromatic rings. The molecule has 132 valence electrons. The van der Waals surface area contributed by atoms with Gasteiger partial charge in [-0.05, 0) is 35.4 Å². The van der Waals surface area contributed by atoms with Crippen molar-refractivity contribution >= 4 is 28.9 Å². The molecule has 0 radical (unpaired) electrons. The van der Waals surface area contributed by atoms with Gasteiger partial charge in [0.1, 0.15) is 11.3 Å². The summed E-state index contributed by atoms with van der Waals surface area (Å²) in [6.45, 7) is 0.493. The zero-order chi connectivity index (χ0) is 18.5. The summed E-state index contributed by atoms with van der Waals surface area (Å²) in [5.74, 6) is -2.32. The fourth-order valence-corrected chi connectivity index (χ4v) is 2.66. The smallest absolute Gasteiger partial charge is 0.343 e. The molecule has 0 fully saturated rings. The molecule has 6 nitrogen and oxygen atoms in total. The molecule has 0 unspecified atom stereocenters. The second kappa shape index (κ2) is 7.57. The van der Waals surface area contributed by atoms with E-state index in [1.807, 2.05) is 24.4 Å². The summed E-state index contributed by atoms with van der Waals surface area (Å²) in [6.07, 6.45) is 3.83. The van der Waals surface area contributed by atoms with Crippen LogP contribution in [0.5, 0.6) is 5.75 Å². The molecule has 0 aliphatic heterocycles. The molecule has 0 atom stereocenters. The molecule has 1 heterocycles. The van der Waals surface area contributed by atoms with Crippen molar-refractivity contribution in [2.45, 2.75) is 6.42 Å². The highest BCUT2D eigenvalue weighted by Crippen LogP contribution is 2.19. The molecule has 0 amide bonds. The summed E-state index contributed by atoms with van der Waals surface area (Å²) >= 11 is 0. The molecule has 3 rings (SSSR count). The van der Waals surface area contributed by atoms with Gasteiger partial charge >= 0.3 is 11.9 Å². The molecule has 2 aromatic carbocycles. The van der Waals surface area contributed by atoms with Crippen molar-refractivity contribution in [2.24, 2.45) is 0 Å². The molecule has 0 saturated heterocycles. The number of ether oxygens (including phenoxy) is 1. The molecular formula is C20H17NO5. The summed E-state index contributed by atoms with van der Waals surface area (Å²) in [6, 6.07) is 14.7. The third-order valence-electron chi connectivity index (χ3n) is 3.97. The Labute approximate surface area is 149 Å². The van der Waals surface area contributed by atoms with Crippen LogP contribution in [0.25, 0.3) is 17.0 Å². The highest BCUT2D eigenvalue weighted by atomic mass is 16.5. The van der Waals surface area contributed by atoms with Crippen LogP contribution in [0.4, 0.5) is 0 Å². The Morgan fingerprint density at radius 3 is 2.38 bits per heavy atom. The molecular weight excluding hydrogens is 334 g/mol. The van der Waals surface area contributed by atoms with Gasteiger partial charge in [-0.3, -0.25) is 0 Å². The molecule has 0 saturated carbocycles. The normalized spacial score (nSPS) is 10.5. The Hall–Kier alpha value is -3.54. The predicted molar refractivity (Wildman–Crippen MR) is 97.2 cm³/mol. The number of aromatic amines is 1. The van der Waals surface area contributed by atoms with E-state index in [1.54, 1.807) is 24.3 Å². The molecule has 6 heteroatoms. The first-order valence-corrected chi connectivity index (χ1v) is 8.01. The minimum atomic E-state index is -1.48. The highest BCUT2D eigenvalue weighted by molar-refractivity contribution is 6.16. The van der Waals surface area contributed by atoms with Crippen molar-refractivity contribution in [3.05, 3.63) is 71.4 Å². The first-order valence-electron chi connectivity index (χ1n) is 8.01. The van der Waals surface area contributed by atoms with Gasteiger partial charge in [-0.2, -0.15) is 0 Å². The molecule has 0 aliphatic carbocycles. The lowest BCUT2D eigenvalue weighted by Crippen LogP contribution is -2.10. The fourth-order valence-electron chi connectivity index (χ4n) is 2.66. The number of carbonyl (C=O) groups is 2. The Balaban J connectivity index is 1.62. The van der Waals surface area contributed by atoms with E-state index < -0.39 is 17.5 Å². The molecule has 0 spiro atoms. The lowest BCUT2D eigenvalue weighted by Gasteiger charge is -2.06. The number of rotatable bonds is 7. The van der Waals surface area contributed by atoms with Crippen molar-refractivity contribution in [1.82, 2.24) is 4.98 Å². The monoisotopic (exact) mass is 351 g/mol. The number of aliphatic carboxylic acids is 2. The third-order valence-corrected chi connectivity index (χ3v) is 3.97. The summed E-state index contributed by atoms with van der Waals surface area (Å²) in [5, 5.41) is 18.9. The largest absolute Gasteiger partial charge is 0.493 e. The Kier molecular flexibility index (Phi) is 5.03. The van der Waals surface area contributed by atoms with Gasteiger partial charge in [0.2, 0.25) is 0 Å². The number of nitrogens with one attached hydrogen (secondary N) is 1. The second-order valence-electron chi connectivity index (χ2n) is 5.70. The van der Waals surface area contributed by atoms with E-state index in [2.05, 4.69) is 11.1 Å². The number of carboxylic acid groups (broad SMARTS) is 2. The quantitative estimate of drug-likeness (QED) is 0.344. The van der Waals surface area contributed by atoms with E-state index in [0.717, 1.165) is 18.0 Å². The zero-order valence-electron chi connectivity index (χ0n) is 13.8. The van der Waals surface area contributed by atoms with Gasteiger partial charge in [0.25, 0.3) is 0 Å². The van der Waals surface area contributed by atoms with Crippen molar-refractivity contribution in [3.63, 3.8) is 0 Å². The van der Waals surface area contributed by atoms with Gasteiger partial charge in [0, 0.05) is 23.5 Å². The molecule has 26 heavy (non-hydrogen) atoms. The minimum Gasteiger partial charge on any atom is -0.493 e. The van der Waals surface area contributed by atoms with Crippen LogP contribution < -0.4 is 4.74 Å². The lowest BCUT2D eigenvalue weighted by molar-refractivity contribution is -0.140. The summed E-state index contributed by atoms with van der Waals surface area (Å²) in [7, 11) is 0. The zero-order valence-corrected chi connectivity index (χ0v) is 13.8. The Morgan fingerprint density at radius 1 is 1.00 bits per heavy atom. The van der Waals surface area contributed by atoms with Crippen molar-refractivity contribution in [1.29, 1.82) is 0 Å². The third kappa shape index (κ3) is 3.92. The summed E-state index contributed by atoms with van der Waals surface area (Å²) in [4.78, 5) is 25.0. The van der Waals surface area contributed by atoms with Crippen LogP contribution in [-0.4, -0.2) is 33.7 Å². The number of hydrogen-bond donors (Lipinski definition) is 3. The van der Waals surface area contributed by atoms with E-state index in [9.17, 15) is 9.59 Å². The van der Waals surface area contributed by atoms with Crippen LogP contribution in [0.15, 0.2) is 60.3 Å². The van der Waals surface area contributed by atoms with Crippen molar-refractivity contribution in [2.75, 3.05) is 6.61 Å². The number of carboxylic acids is 2. The van der Waals surface area contributed by atoms with Crippen LogP contribution in [0.3, 0.4) is 0 Å². The van der Waals surface area contributed by atoms with E-state index in [4.69, 9.17) is 14.9 Å². The molecule has 3 N–H and O–H groups in total. The molecule has 0 bridgehead atoms. The van der Waals surface area contributed by atoms with E-state index in [-0.39, 0.29) is 0 Å². The van der Waals surface area contributed by atoms with Gasteiger partial charge < -0.3 is 19.9 Å². The highest BCUT2D eigenvalue weighted by Gasteiger charge is 2.15. The number of H-pyrrole nitrogens is 1. The number of aromatic nitrogens is 1. The van der Waals surface area contributed by atoms with E-state index in [0.29, 0.717) is 17.9 Å². The van der Waals surface area contributed by atoms with Crippen molar-refractivity contribution < 1.29 is 24.5 Å². The standard InChI is InChI=1S/C20H17NO5/c22-19(23)17(20(24)25)11-13-5-7-15(8-6-13)26-10-9-14-12-21-18-4-2-1-3-16(14)18/h1-8,11-12,21H,9-10H2,(H,22,23)(H,24,25). The van der Waals surface area contributed by atoms with Crippen LogP contribution in [0, 0.1) is 0 Å². The van der Waals surface area contributed by atoms with Crippen LogP contribution >= 0.6 is 0 Å². The van der Waals surface area contributed by atoms with Gasteiger partial charge in [-0.1, -0.05) is 30.3 Å². The summed E-state index contributed by atoms with van der Waals surface area (Å²) < 4.78 is 5.72. The number of benzene rings is 2. The average molecular weight is 351 g/mol. The van der Waals surface area contributed by atoms with Crippen LogP contribution in [0.2, 0.25) is 0 Å². The number of hydrogen-bond acceptors (Lipinski definition) is 3. The van der Waals surface area contributed by atoms with Gasteiger partial charge in [0.05, 0.1) is 6.61 Å². The molecule has 0 aliphatic rings. The topological polar surface area (TPSA) is 99.6 Å². The van der Waals surface area contributed by atoms with Crippen LogP contribution in [-0.2, 0) is 16.0 Å². The average Bonchev–Trinajstić information content (AvgIpc) is 3.04. The number of para-hydroxylation sites is 1. The predicted octanol–water partition coefficient (Wildman–Crippen LogP) is 3.34. The number of fused-ring (bicyclic) bond motifs is 1. The van der Waals surface area contributed by atoms with Gasteiger partial charge in [0.15, 0.2) is 0 Å². The lowest BCUT2D eigenvalue weighted by atomic mass is 10.1. The summed E-state index contributed by atoms with van der Waals surface area (Å²) in [5.41, 5.74) is 2.06.